The smallest absolute Gasteiger partial charge is 0.258 e. The molecule has 0 spiro atoms. The molecule has 0 radical (unpaired) electrons. The summed E-state index contributed by atoms with van der Waals surface area (Å²) < 4.78 is 13.6. The van der Waals surface area contributed by atoms with E-state index in [4.69, 9.17) is 0 Å². The molecule has 41 heavy (non-hydrogen) atoms. The molecule has 0 aromatic heterocycles. The van der Waals surface area contributed by atoms with Gasteiger partial charge in [0.15, 0.2) is 0 Å². The zero-order chi connectivity index (χ0) is 29.7. The summed E-state index contributed by atoms with van der Waals surface area (Å²) in [5, 5.41) is 0. The maximum Gasteiger partial charge on any atom is 0.258 e. The number of hydrogen-bond donors (Lipinski definition) is 0. The van der Waals surface area contributed by atoms with Crippen molar-refractivity contribution in [3.63, 3.8) is 0 Å². The van der Waals surface area contributed by atoms with Crippen LogP contribution in [0.25, 0.3) is 0 Å². The molecular weight excluding hydrogens is 515 g/mol. The number of nitrogens with zero attached hydrogens (tertiary/aromatic N) is 4. The van der Waals surface area contributed by atoms with E-state index in [0.29, 0.717) is 18.4 Å². The first-order valence-electron chi connectivity index (χ1n) is 14.9. The number of carbonyl (C=O) groups excluding carboxylic acids is 2. The number of hydrogen-bond acceptors (Lipinski definition) is 4. The number of rotatable bonds is 10. The van der Waals surface area contributed by atoms with Gasteiger partial charge in [-0.25, -0.2) is 4.39 Å². The van der Waals surface area contributed by atoms with Crippen molar-refractivity contribution in [3.8, 4) is 0 Å². The topological polar surface area (TPSA) is 47.1 Å². The quantitative estimate of drug-likeness (QED) is 0.259. The van der Waals surface area contributed by atoms with Gasteiger partial charge < -0.3 is 19.6 Å². The lowest BCUT2D eigenvalue weighted by Crippen LogP contribution is -2.48. The maximum absolute atomic E-state index is 13.8. The average Bonchev–Trinajstić information content (AvgIpc) is 2.99. The van der Waals surface area contributed by atoms with Crippen LogP contribution in [0.15, 0.2) is 66.7 Å². The molecule has 0 aliphatic carbocycles. The Hall–Kier alpha value is -3.87. The Morgan fingerprint density at radius 1 is 0.780 bits per heavy atom. The van der Waals surface area contributed by atoms with Crippen LogP contribution in [0.5, 0.6) is 0 Å². The third kappa shape index (κ3) is 6.09. The number of halogens is 1. The molecule has 0 bridgehead atoms. The Balaban J connectivity index is 1.85. The second kappa shape index (κ2) is 13.2. The lowest BCUT2D eigenvalue weighted by atomic mass is 9.88. The molecule has 218 valence electrons. The molecule has 2 atom stereocenters. The van der Waals surface area contributed by atoms with Gasteiger partial charge in [0.25, 0.3) is 5.91 Å². The van der Waals surface area contributed by atoms with Gasteiger partial charge in [0.2, 0.25) is 5.91 Å². The van der Waals surface area contributed by atoms with E-state index < -0.39 is 0 Å². The van der Waals surface area contributed by atoms with Crippen LogP contribution in [0.4, 0.5) is 27.1 Å². The van der Waals surface area contributed by atoms with Crippen LogP contribution < -0.4 is 19.6 Å². The minimum Gasteiger partial charge on any atom is -0.372 e. The molecule has 3 aromatic carbocycles. The summed E-state index contributed by atoms with van der Waals surface area (Å²) in [4.78, 5) is 35.7. The first-order chi connectivity index (χ1) is 19.8. The molecule has 2 amide bonds. The highest BCUT2D eigenvalue weighted by Crippen LogP contribution is 2.44. The van der Waals surface area contributed by atoms with Gasteiger partial charge in [-0.2, -0.15) is 0 Å². The molecule has 4 rings (SSSR count). The van der Waals surface area contributed by atoms with Crippen LogP contribution in [0.1, 0.15) is 76.3 Å². The standard InChI is InChI=1S/C34H43FN4O2/c1-7-33(40)39(28-18-16-27(17-19-28)36(8-2)9-3)32-22-24(6)38(34(41)25-12-14-26(35)15-13-25)31-21-20-29(23-30(31)32)37(10-4)11-5/h12-21,23-24,32H,7-11,22H2,1-6H3/t24-,32+/m0/s1. The Labute approximate surface area is 244 Å². The Morgan fingerprint density at radius 2 is 1.32 bits per heavy atom. The van der Waals surface area contributed by atoms with E-state index in [2.05, 4.69) is 61.8 Å². The van der Waals surface area contributed by atoms with Crippen LogP contribution >= 0.6 is 0 Å². The van der Waals surface area contributed by atoms with Crippen LogP contribution in [0, 0.1) is 5.82 Å². The molecule has 7 heteroatoms. The summed E-state index contributed by atoms with van der Waals surface area (Å²) in [6, 6.07) is 19.7. The van der Waals surface area contributed by atoms with E-state index in [1.807, 2.05) is 41.8 Å². The van der Waals surface area contributed by atoms with Crippen molar-refractivity contribution < 1.29 is 14.0 Å². The van der Waals surface area contributed by atoms with Crippen LogP contribution in [0.2, 0.25) is 0 Å². The van der Waals surface area contributed by atoms with Gasteiger partial charge in [0, 0.05) is 72.5 Å². The third-order valence-electron chi connectivity index (χ3n) is 8.21. The summed E-state index contributed by atoms with van der Waals surface area (Å²) in [5.41, 5.74) is 5.19. The number of anilines is 4. The molecule has 1 heterocycles. The van der Waals surface area contributed by atoms with Crippen molar-refractivity contribution in [2.24, 2.45) is 0 Å². The zero-order valence-electron chi connectivity index (χ0n) is 25.2. The van der Waals surface area contributed by atoms with Crippen LogP contribution in [-0.2, 0) is 4.79 Å². The second-order valence-corrected chi connectivity index (χ2v) is 10.5. The predicted molar refractivity (Wildman–Crippen MR) is 168 cm³/mol. The number of amides is 2. The fourth-order valence-electron chi connectivity index (χ4n) is 5.97. The normalized spacial score (nSPS) is 16.2. The van der Waals surface area contributed by atoms with Crippen molar-refractivity contribution in [2.45, 2.75) is 66.5 Å². The van der Waals surface area contributed by atoms with Gasteiger partial charge in [-0.15, -0.1) is 0 Å². The summed E-state index contributed by atoms with van der Waals surface area (Å²) in [6.45, 7) is 15.9. The van der Waals surface area contributed by atoms with Crippen molar-refractivity contribution in [3.05, 3.63) is 83.7 Å². The van der Waals surface area contributed by atoms with E-state index in [1.54, 1.807) is 0 Å². The first kappa shape index (κ1) is 30.1. The fraction of sp³-hybridized carbons (Fsp3) is 0.412. The molecular formula is C34H43FN4O2. The highest BCUT2D eigenvalue weighted by molar-refractivity contribution is 6.07. The highest BCUT2D eigenvalue weighted by atomic mass is 19.1. The predicted octanol–water partition coefficient (Wildman–Crippen LogP) is 7.44. The summed E-state index contributed by atoms with van der Waals surface area (Å²) in [7, 11) is 0. The van der Waals surface area contributed by atoms with Gasteiger partial charge in [-0.3, -0.25) is 9.59 Å². The van der Waals surface area contributed by atoms with Gasteiger partial charge in [0.1, 0.15) is 5.82 Å². The van der Waals surface area contributed by atoms with Crippen molar-refractivity contribution in [1.82, 2.24) is 0 Å². The van der Waals surface area contributed by atoms with E-state index in [1.165, 1.54) is 24.3 Å². The summed E-state index contributed by atoms with van der Waals surface area (Å²) in [5.74, 6) is -0.515. The summed E-state index contributed by atoms with van der Waals surface area (Å²) >= 11 is 0. The van der Waals surface area contributed by atoms with Gasteiger partial charge in [0.05, 0.1) is 6.04 Å². The zero-order valence-corrected chi connectivity index (χ0v) is 25.2. The van der Waals surface area contributed by atoms with Crippen LogP contribution in [-0.4, -0.2) is 44.0 Å². The highest BCUT2D eigenvalue weighted by Gasteiger charge is 2.39. The van der Waals surface area contributed by atoms with E-state index in [-0.39, 0.29) is 29.7 Å². The second-order valence-electron chi connectivity index (χ2n) is 10.5. The maximum atomic E-state index is 13.8. The minimum atomic E-state index is -0.377. The van der Waals surface area contributed by atoms with Gasteiger partial charge >= 0.3 is 0 Å². The van der Waals surface area contributed by atoms with Crippen molar-refractivity contribution in [1.29, 1.82) is 0 Å². The fourth-order valence-corrected chi connectivity index (χ4v) is 5.97. The SMILES string of the molecule is CCC(=O)N(c1ccc(N(CC)CC)cc1)[C@@H]1C[C@H](C)N(C(=O)c2ccc(F)cc2)c2ccc(N(CC)CC)cc21. The number of carbonyl (C=O) groups is 2. The summed E-state index contributed by atoms with van der Waals surface area (Å²) in [6.07, 6.45) is 0.942. The van der Waals surface area contributed by atoms with E-state index >= 15 is 0 Å². The minimum absolute atomic E-state index is 0.0373. The first-order valence-corrected chi connectivity index (χ1v) is 14.9. The number of benzene rings is 3. The molecule has 0 unspecified atom stereocenters. The van der Waals surface area contributed by atoms with E-state index in [0.717, 1.165) is 54.5 Å². The molecule has 1 aliphatic rings. The third-order valence-corrected chi connectivity index (χ3v) is 8.21. The molecule has 0 saturated heterocycles. The monoisotopic (exact) mass is 558 g/mol. The lowest BCUT2D eigenvalue weighted by molar-refractivity contribution is -0.118. The van der Waals surface area contributed by atoms with E-state index in [9.17, 15) is 14.0 Å². The van der Waals surface area contributed by atoms with Crippen molar-refractivity contribution in [2.75, 3.05) is 45.8 Å². The Bertz CT molecular complexity index is 1330. The molecule has 0 fully saturated rings. The number of fused-ring (bicyclic) bond motifs is 1. The van der Waals surface area contributed by atoms with Crippen molar-refractivity contribution >= 4 is 34.6 Å². The average molecular weight is 559 g/mol. The molecule has 1 aliphatic heterocycles. The molecule has 6 nitrogen and oxygen atoms in total. The largest absolute Gasteiger partial charge is 0.372 e. The van der Waals surface area contributed by atoms with Gasteiger partial charge in [-0.1, -0.05) is 6.92 Å². The molecule has 0 saturated carbocycles. The molecule has 0 N–H and O–H groups in total. The Morgan fingerprint density at radius 3 is 1.88 bits per heavy atom. The van der Waals surface area contributed by atoms with Gasteiger partial charge in [-0.05, 0) is 108 Å². The molecule has 3 aromatic rings. The Kier molecular flexibility index (Phi) is 9.69. The lowest BCUT2D eigenvalue weighted by Gasteiger charge is -2.44. The van der Waals surface area contributed by atoms with Crippen LogP contribution in [0.3, 0.4) is 0 Å².